The minimum absolute atomic E-state index is 0.0834. The van der Waals surface area contributed by atoms with E-state index < -0.39 is 12.0 Å². The molecule has 4 nitrogen and oxygen atoms in total. The summed E-state index contributed by atoms with van der Waals surface area (Å²) in [5.41, 5.74) is 6.04. The van der Waals surface area contributed by atoms with E-state index in [-0.39, 0.29) is 12.2 Å². The number of phenolic OH excluding ortho intramolecular Hbond substituents is 1. The molecule has 5 heteroatoms. The molecule has 1 rings (SSSR count). The summed E-state index contributed by atoms with van der Waals surface area (Å²) in [7, 11) is 0. The van der Waals surface area contributed by atoms with Gasteiger partial charge in [0.2, 0.25) is 0 Å². The van der Waals surface area contributed by atoms with E-state index in [0.29, 0.717) is 10.0 Å². The fourth-order valence-electron chi connectivity index (χ4n) is 1.03. The Morgan fingerprint density at radius 3 is 2.71 bits per heavy atom. The van der Waals surface area contributed by atoms with Gasteiger partial charge in [0.05, 0.1) is 4.47 Å². The Balaban J connectivity index is 2.78. The van der Waals surface area contributed by atoms with Crippen LogP contribution >= 0.6 is 15.9 Å². The maximum Gasteiger partial charge on any atom is 0.320 e. The van der Waals surface area contributed by atoms with E-state index in [4.69, 9.17) is 10.8 Å². The number of halogens is 1. The maximum absolute atomic E-state index is 10.5. The van der Waals surface area contributed by atoms with Gasteiger partial charge in [0.1, 0.15) is 11.8 Å². The fourth-order valence-corrected chi connectivity index (χ4v) is 1.27. The first-order valence-corrected chi connectivity index (χ1v) is 4.76. The summed E-state index contributed by atoms with van der Waals surface area (Å²) in [6.45, 7) is 0. The molecule has 0 bridgehead atoms. The van der Waals surface area contributed by atoms with E-state index in [1.165, 1.54) is 6.07 Å². The molecule has 0 aliphatic rings. The number of nitrogens with two attached hydrogens (primary N) is 1. The van der Waals surface area contributed by atoms with Crippen LogP contribution in [-0.2, 0) is 11.2 Å². The zero-order valence-electron chi connectivity index (χ0n) is 7.27. The summed E-state index contributed by atoms with van der Waals surface area (Å²) < 4.78 is 0.574. The van der Waals surface area contributed by atoms with E-state index >= 15 is 0 Å². The third-order valence-corrected chi connectivity index (χ3v) is 2.45. The fraction of sp³-hybridized carbons (Fsp3) is 0.222. The van der Waals surface area contributed by atoms with Gasteiger partial charge in [0.15, 0.2) is 0 Å². The summed E-state index contributed by atoms with van der Waals surface area (Å²) in [5.74, 6) is -0.965. The van der Waals surface area contributed by atoms with Crippen molar-refractivity contribution < 1.29 is 15.0 Å². The number of hydrogen-bond acceptors (Lipinski definition) is 3. The molecule has 0 aliphatic carbocycles. The van der Waals surface area contributed by atoms with Crippen LogP contribution in [0.25, 0.3) is 0 Å². The number of aromatic hydroxyl groups is 1. The molecule has 4 N–H and O–H groups in total. The highest BCUT2D eigenvalue weighted by atomic mass is 79.9. The molecule has 0 radical (unpaired) electrons. The minimum Gasteiger partial charge on any atom is -0.507 e. The molecule has 76 valence electrons. The van der Waals surface area contributed by atoms with E-state index in [0.717, 1.165) is 0 Å². The number of rotatable bonds is 3. The molecule has 0 spiro atoms. The van der Waals surface area contributed by atoms with Crippen LogP contribution in [0.4, 0.5) is 0 Å². The number of hydrogen-bond donors (Lipinski definition) is 3. The molecule has 0 saturated heterocycles. The molecule has 0 aliphatic heterocycles. The standard InChI is InChI=1S/C9H10BrNO3/c10-6-2-1-5(4-8(6)12)3-7(11)9(13)14/h1-2,4,7,12H,3,11H2,(H,13,14)/t7-/m0/s1. The molecule has 14 heavy (non-hydrogen) atoms. The summed E-state index contributed by atoms with van der Waals surface area (Å²) >= 11 is 3.13. The highest BCUT2D eigenvalue weighted by Gasteiger charge is 2.12. The molecular formula is C9H10BrNO3. The van der Waals surface area contributed by atoms with E-state index in [9.17, 15) is 9.90 Å². The topological polar surface area (TPSA) is 83.5 Å². The molecule has 0 unspecified atom stereocenters. The second-order valence-corrected chi connectivity index (χ2v) is 3.79. The van der Waals surface area contributed by atoms with Crippen molar-refractivity contribution in [3.63, 3.8) is 0 Å². The van der Waals surface area contributed by atoms with Crippen molar-refractivity contribution in [2.24, 2.45) is 5.73 Å². The number of benzene rings is 1. The summed E-state index contributed by atoms with van der Waals surface area (Å²) in [6, 6.07) is 3.93. The smallest absolute Gasteiger partial charge is 0.320 e. The zero-order valence-corrected chi connectivity index (χ0v) is 8.86. The van der Waals surface area contributed by atoms with Crippen LogP contribution in [0.2, 0.25) is 0 Å². The van der Waals surface area contributed by atoms with Crippen molar-refractivity contribution in [3.05, 3.63) is 28.2 Å². The molecule has 0 fully saturated rings. The molecule has 0 amide bonds. The van der Waals surface area contributed by atoms with Gasteiger partial charge in [0, 0.05) is 0 Å². The SMILES string of the molecule is N[C@@H](Cc1ccc(Br)c(O)c1)C(=O)O. The third kappa shape index (κ3) is 2.71. The molecule has 1 aromatic rings. The Hall–Kier alpha value is -1.07. The molecule has 1 aromatic carbocycles. The minimum atomic E-state index is -1.05. The molecule has 0 aromatic heterocycles. The summed E-state index contributed by atoms with van der Waals surface area (Å²) in [5, 5.41) is 17.9. The zero-order chi connectivity index (χ0) is 10.7. The van der Waals surface area contributed by atoms with Gasteiger partial charge in [-0.2, -0.15) is 0 Å². The lowest BCUT2D eigenvalue weighted by atomic mass is 10.1. The average molecular weight is 260 g/mol. The van der Waals surface area contributed by atoms with Gasteiger partial charge in [-0.3, -0.25) is 4.79 Å². The van der Waals surface area contributed by atoms with Gasteiger partial charge >= 0.3 is 5.97 Å². The number of aliphatic carboxylic acids is 1. The predicted molar refractivity (Wildman–Crippen MR) is 55.1 cm³/mol. The normalized spacial score (nSPS) is 12.4. The first-order chi connectivity index (χ1) is 6.50. The number of carbonyl (C=O) groups is 1. The van der Waals surface area contributed by atoms with Crippen LogP contribution in [0.5, 0.6) is 5.75 Å². The Labute approximate surface area is 89.5 Å². The van der Waals surface area contributed by atoms with Crippen LogP contribution in [0.15, 0.2) is 22.7 Å². The van der Waals surface area contributed by atoms with Crippen LogP contribution < -0.4 is 5.73 Å². The number of carboxylic acid groups (broad SMARTS) is 1. The Kier molecular flexibility index (Phi) is 3.49. The molecule has 0 saturated carbocycles. The molecular weight excluding hydrogens is 250 g/mol. The van der Waals surface area contributed by atoms with Crippen molar-refractivity contribution >= 4 is 21.9 Å². The third-order valence-electron chi connectivity index (χ3n) is 1.78. The predicted octanol–water partition coefficient (Wildman–Crippen LogP) is 1.11. The van der Waals surface area contributed by atoms with E-state index in [2.05, 4.69) is 15.9 Å². The van der Waals surface area contributed by atoms with Crippen LogP contribution in [0, 0.1) is 0 Å². The Bertz CT molecular complexity index is 354. The largest absolute Gasteiger partial charge is 0.507 e. The van der Waals surface area contributed by atoms with Crippen molar-refractivity contribution in [1.29, 1.82) is 0 Å². The molecule has 0 heterocycles. The lowest BCUT2D eigenvalue weighted by Crippen LogP contribution is -2.32. The maximum atomic E-state index is 10.5. The van der Waals surface area contributed by atoms with Gasteiger partial charge in [-0.05, 0) is 40.0 Å². The Morgan fingerprint density at radius 1 is 1.57 bits per heavy atom. The first kappa shape index (κ1) is 11.0. The lowest BCUT2D eigenvalue weighted by Gasteiger charge is -2.07. The Morgan fingerprint density at radius 2 is 2.21 bits per heavy atom. The second kappa shape index (κ2) is 4.43. The second-order valence-electron chi connectivity index (χ2n) is 2.93. The van der Waals surface area contributed by atoms with Crippen molar-refractivity contribution in [2.45, 2.75) is 12.5 Å². The van der Waals surface area contributed by atoms with Gasteiger partial charge in [-0.1, -0.05) is 6.07 Å². The first-order valence-electron chi connectivity index (χ1n) is 3.96. The van der Waals surface area contributed by atoms with Gasteiger partial charge in [0.25, 0.3) is 0 Å². The molecule has 1 atom stereocenters. The quantitative estimate of drug-likeness (QED) is 0.760. The highest BCUT2D eigenvalue weighted by molar-refractivity contribution is 9.10. The van der Waals surface area contributed by atoms with Gasteiger partial charge in [-0.15, -0.1) is 0 Å². The van der Waals surface area contributed by atoms with Gasteiger partial charge < -0.3 is 15.9 Å². The monoisotopic (exact) mass is 259 g/mol. The number of carboxylic acids is 1. The summed E-state index contributed by atoms with van der Waals surface area (Å²) in [4.78, 5) is 10.5. The lowest BCUT2D eigenvalue weighted by molar-refractivity contribution is -0.138. The van der Waals surface area contributed by atoms with Crippen molar-refractivity contribution in [2.75, 3.05) is 0 Å². The highest BCUT2D eigenvalue weighted by Crippen LogP contribution is 2.24. The van der Waals surface area contributed by atoms with Crippen molar-refractivity contribution in [1.82, 2.24) is 0 Å². The van der Waals surface area contributed by atoms with Crippen LogP contribution in [0.1, 0.15) is 5.56 Å². The van der Waals surface area contributed by atoms with Crippen molar-refractivity contribution in [3.8, 4) is 5.75 Å². The van der Waals surface area contributed by atoms with E-state index in [1.807, 2.05) is 0 Å². The van der Waals surface area contributed by atoms with Crippen LogP contribution in [0.3, 0.4) is 0 Å². The summed E-state index contributed by atoms with van der Waals surface area (Å²) in [6.07, 6.45) is 0.205. The van der Waals surface area contributed by atoms with Crippen LogP contribution in [-0.4, -0.2) is 22.2 Å². The number of phenols is 1. The van der Waals surface area contributed by atoms with E-state index in [1.54, 1.807) is 12.1 Å². The average Bonchev–Trinajstić information content (AvgIpc) is 2.11. The van der Waals surface area contributed by atoms with Gasteiger partial charge in [-0.25, -0.2) is 0 Å².